The van der Waals surface area contributed by atoms with Crippen LogP contribution in [0.4, 0.5) is 10.8 Å². The number of amides is 2. The fraction of sp³-hybridized carbons (Fsp3) is 0.312. The Morgan fingerprint density at radius 2 is 1.92 bits per heavy atom. The Hall–Kier alpha value is -2.85. The van der Waals surface area contributed by atoms with Gasteiger partial charge in [0, 0.05) is 30.8 Å². The molecule has 26 heavy (non-hydrogen) atoms. The molecule has 0 aliphatic carbocycles. The average Bonchev–Trinajstić information content (AvgIpc) is 3.02. The van der Waals surface area contributed by atoms with E-state index >= 15 is 0 Å². The predicted octanol–water partition coefficient (Wildman–Crippen LogP) is 2.08. The van der Waals surface area contributed by atoms with Gasteiger partial charge in [-0.05, 0) is 19.1 Å². The molecule has 1 aromatic heterocycles. The van der Waals surface area contributed by atoms with Crippen LogP contribution in [0, 0.1) is 17.0 Å². The predicted molar refractivity (Wildman–Crippen MR) is 94.6 cm³/mol. The number of nitrogens with one attached hydrogen (secondary N) is 1. The van der Waals surface area contributed by atoms with Crippen molar-refractivity contribution in [2.75, 3.05) is 31.6 Å². The van der Waals surface area contributed by atoms with E-state index in [-0.39, 0.29) is 17.2 Å². The molecule has 0 bridgehead atoms. The van der Waals surface area contributed by atoms with Gasteiger partial charge in [-0.15, -0.1) is 0 Å². The smallest absolute Gasteiger partial charge is 0.269 e. The summed E-state index contributed by atoms with van der Waals surface area (Å²) in [6.07, 6.45) is 0. The molecule has 1 saturated heterocycles. The molecule has 3 rings (SSSR count). The molecule has 1 aliphatic heterocycles. The van der Waals surface area contributed by atoms with E-state index in [0.717, 1.165) is 11.3 Å². The molecule has 1 fully saturated rings. The summed E-state index contributed by atoms with van der Waals surface area (Å²) < 4.78 is 5.24. The van der Waals surface area contributed by atoms with Crippen LogP contribution in [-0.2, 0) is 4.74 Å². The number of nitrogens with zero attached hydrogens (tertiary/aromatic N) is 3. The Labute approximate surface area is 152 Å². The number of aromatic nitrogens is 1. The Bertz CT molecular complexity index is 843. The largest absolute Gasteiger partial charge is 0.378 e. The third kappa shape index (κ3) is 3.86. The van der Waals surface area contributed by atoms with Gasteiger partial charge in [0.15, 0.2) is 5.13 Å². The summed E-state index contributed by atoms with van der Waals surface area (Å²) in [7, 11) is 0. The van der Waals surface area contributed by atoms with Crippen LogP contribution in [0.3, 0.4) is 0 Å². The molecule has 2 heterocycles. The van der Waals surface area contributed by atoms with Gasteiger partial charge in [0.25, 0.3) is 17.5 Å². The van der Waals surface area contributed by atoms with Crippen LogP contribution in [0.5, 0.6) is 0 Å². The summed E-state index contributed by atoms with van der Waals surface area (Å²) in [4.78, 5) is 41.4. The molecule has 10 heteroatoms. The number of morpholine rings is 1. The number of hydrogen-bond donors (Lipinski definition) is 1. The number of aryl methyl sites for hydroxylation is 1. The maximum absolute atomic E-state index is 12.6. The molecular weight excluding hydrogens is 360 g/mol. The Kier molecular flexibility index (Phi) is 5.24. The van der Waals surface area contributed by atoms with Gasteiger partial charge in [-0.1, -0.05) is 11.3 Å². The van der Waals surface area contributed by atoms with Gasteiger partial charge in [0.2, 0.25) is 0 Å². The van der Waals surface area contributed by atoms with Crippen molar-refractivity contribution in [3.05, 3.63) is 50.5 Å². The van der Waals surface area contributed by atoms with Gasteiger partial charge in [0.05, 0.1) is 23.8 Å². The number of hydrogen-bond acceptors (Lipinski definition) is 7. The van der Waals surface area contributed by atoms with Gasteiger partial charge >= 0.3 is 0 Å². The summed E-state index contributed by atoms with van der Waals surface area (Å²) in [6.45, 7) is 3.79. The molecule has 0 spiro atoms. The second-order valence-electron chi connectivity index (χ2n) is 5.60. The number of thiazole rings is 1. The first kappa shape index (κ1) is 18.0. The number of anilines is 1. The second kappa shape index (κ2) is 7.58. The lowest BCUT2D eigenvalue weighted by atomic mass is 10.2. The van der Waals surface area contributed by atoms with E-state index in [9.17, 15) is 19.7 Å². The zero-order valence-corrected chi connectivity index (χ0v) is 14.7. The Morgan fingerprint density at radius 1 is 1.27 bits per heavy atom. The van der Waals surface area contributed by atoms with E-state index in [0.29, 0.717) is 42.0 Å². The maximum Gasteiger partial charge on any atom is 0.269 e. The van der Waals surface area contributed by atoms with Crippen molar-refractivity contribution < 1.29 is 19.2 Å². The van der Waals surface area contributed by atoms with E-state index in [1.165, 1.54) is 24.3 Å². The molecule has 0 radical (unpaired) electrons. The second-order valence-corrected chi connectivity index (χ2v) is 6.60. The minimum atomic E-state index is -0.532. The van der Waals surface area contributed by atoms with Crippen molar-refractivity contribution in [3.8, 4) is 0 Å². The zero-order valence-electron chi connectivity index (χ0n) is 13.9. The third-order valence-electron chi connectivity index (χ3n) is 3.85. The molecule has 1 aromatic carbocycles. The minimum absolute atomic E-state index is 0.0926. The number of rotatable bonds is 4. The number of nitro groups is 1. The van der Waals surface area contributed by atoms with Crippen molar-refractivity contribution >= 4 is 34.0 Å². The van der Waals surface area contributed by atoms with E-state index in [1.54, 1.807) is 11.8 Å². The Morgan fingerprint density at radius 3 is 2.54 bits per heavy atom. The number of non-ortho nitro benzene ring substituents is 1. The molecule has 2 aromatic rings. The van der Waals surface area contributed by atoms with Crippen molar-refractivity contribution in [2.45, 2.75) is 6.92 Å². The topological polar surface area (TPSA) is 115 Å². The number of carbonyl (C=O) groups excluding carboxylic acids is 2. The highest BCUT2D eigenvalue weighted by Crippen LogP contribution is 2.25. The van der Waals surface area contributed by atoms with Crippen LogP contribution in [0.15, 0.2) is 24.3 Å². The maximum atomic E-state index is 12.6. The van der Waals surface area contributed by atoms with Crippen LogP contribution >= 0.6 is 11.3 Å². The summed E-state index contributed by atoms with van der Waals surface area (Å²) in [5.74, 6) is -0.571. The number of nitro benzene ring substituents is 1. The molecule has 0 atom stereocenters. The first-order valence-electron chi connectivity index (χ1n) is 7.86. The first-order chi connectivity index (χ1) is 12.5. The molecule has 0 unspecified atom stereocenters. The zero-order chi connectivity index (χ0) is 18.7. The minimum Gasteiger partial charge on any atom is -0.378 e. The summed E-state index contributed by atoms with van der Waals surface area (Å²) in [6, 6.07) is 5.26. The number of ether oxygens (including phenoxy) is 1. The van der Waals surface area contributed by atoms with Crippen molar-refractivity contribution in [2.24, 2.45) is 0 Å². The standard InChI is InChI=1S/C16H16N4O5S/c1-10-13(15(22)19-6-8-25-9-7-19)26-16(17-10)18-14(21)11-2-4-12(5-3-11)20(23)24/h2-5H,6-9H2,1H3,(H,17,18,21). The summed E-state index contributed by atoms with van der Waals surface area (Å²) in [5.41, 5.74) is 0.722. The average molecular weight is 376 g/mol. The molecule has 2 amide bonds. The van der Waals surface area contributed by atoms with Crippen molar-refractivity contribution in [3.63, 3.8) is 0 Å². The first-order valence-corrected chi connectivity index (χ1v) is 8.67. The van der Waals surface area contributed by atoms with E-state index in [2.05, 4.69) is 10.3 Å². The van der Waals surface area contributed by atoms with Crippen molar-refractivity contribution in [1.29, 1.82) is 0 Å². The van der Waals surface area contributed by atoms with Gasteiger partial charge in [0.1, 0.15) is 4.88 Å². The third-order valence-corrected chi connectivity index (χ3v) is 4.91. The van der Waals surface area contributed by atoms with E-state index in [1.807, 2.05) is 0 Å². The van der Waals surface area contributed by atoms with Crippen LogP contribution in [-0.4, -0.2) is 52.9 Å². The number of carbonyl (C=O) groups is 2. The normalized spacial score (nSPS) is 14.1. The van der Waals surface area contributed by atoms with E-state index in [4.69, 9.17) is 4.74 Å². The summed E-state index contributed by atoms with van der Waals surface area (Å²) >= 11 is 1.11. The van der Waals surface area contributed by atoms with Crippen LogP contribution in [0.25, 0.3) is 0 Å². The SMILES string of the molecule is Cc1nc(NC(=O)c2ccc([N+](=O)[O-])cc2)sc1C(=O)N1CCOCC1. The van der Waals surface area contributed by atoms with Crippen molar-refractivity contribution in [1.82, 2.24) is 9.88 Å². The molecule has 0 saturated carbocycles. The number of benzene rings is 1. The van der Waals surface area contributed by atoms with Gasteiger partial charge in [-0.25, -0.2) is 4.98 Å². The molecule has 136 valence electrons. The van der Waals surface area contributed by atoms with Crippen LogP contribution in [0.2, 0.25) is 0 Å². The lowest BCUT2D eigenvalue weighted by Gasteiger charge is -2.26. The Balaban J connectivity index is 1.71. The summed E-state index contributed by atoms with van der Waals surface area (Å²) in [5, 5.41) is 13.6. The highest BCUT2D eigenvalue weighted by atomic mass is 32.1. The lowest BCUT2D eigenvalue weighted by Crippen LogP contribution is -2.40. The highest BCUT2D eigenvalue weighted by Gasteiger charge is 2.23. The van der Waals surface area contributed by atoms with Gasteiger partial charge in [-0.2, -0.15) is 0 Å². The molecular formula is C16H16N4O5S. The van der Waals surface area contributed by atoms with Crippen LogP contribution in [0.1, 0.15) is 25.7 Å². The fourth-order valence-electron chi connectivity index (χ4n) is 2.46. The fourth-order valence-corrected chi connectivity index (χ4v) is 3.39. The molecule has 1 N–H and O–H groups in total. The highest BCUT2D eigenvalue weighted by molar-refractivity contribution is 7.17. The monoisotopic (exact) mass is 376 g/mol. The van der Waals surface area contributed by atoms with Gasteiger partial charge < -0.3 is 9.64 Å². The molecule has 9 nitrogen and oxygen atoms in total. The molecule has 1 aliphatic rings. The lowest BCUT2D eigenvalue weighted by molar-refractivity contribution is -0.384. The van der Waals surface area contributed by atoms with Crippen LogP contribution < -0.4 is 5.32 Å². The quantitative estimate of drug-likeness (QED) is 0.645. The van der Waals surface area contributed by atoms with E-state index < -0.39 is 10.8 Å². The van der Waals surface area contributed by atoms with Gasteiger partial charge in [-0.3, -0.25) is 25.0 Å².